The van der Waals surface area contributed by atoms with Crippen LogP contribution in [0.25, 0.3) is 0 Å². The highest BCUT2D eigenvalue weighted by Gasteiger charge is 2.09. The van der Waals surface area contributed by atoms with Crippen LogP contribution in [-0.2, 0) is 4.79 Å². The minimum Gasteiger partial charge on any atom is -0.504 e. The summed E-state index contributed by atoms with van der Waals surface area (Å²) in [6, 6.07) is 11.3. The molecule has 0 radical (unpaired) electrons. The number of methoxy groups -OCH3 is 1. The molecule has 0 atom stereocenters. The molecular formula is C18H18ClN3O4. The summed E-state index contributed by atoms with van der Waals surface area (Å²) in [4.78, 5) is 23.7. The first-order chi connectivity index (χ1) is 12.5. The van der Waals surface area contributed by atoms with Gasteiger partial charge in [-0.15, -0.1) is 0 Å². The standard InChI is InChI=1S/C18H18ClN3O4/c1-26-16-10-12(6-7-15(16)23)11-21-22-17(24)8-9-20-18(25)13-4-2-3-5-14(13)19/h2-7,10-11,23H,8-9H2,1H3,(H,20,25)(H,22,24)/b21-11+. The van der Waals surface area contributed by atoms with Gasteiger partial charge in [0.25, 0.3) is 5.91 Å². The highest BCUT2D eigenvalue weighted by Crippen LogP contribution is 2.25. The third-order valence-corrected chi connectivity index (χ3v) is 3.69. The lowest BCUT2D eigenvalue weighted by Gasteiger charge is -2.06. The molecule has 7 nitrogen and oxygen atoms in total. The number of aromatic hydroxyl groups is 1. The number of nitrogens with zero attached hydrogens (tertiary/aromatic N) is 1. The van der Waals surface area contributed by atoms with E-state index in [1.54, 1.807) is 36.4 Å². The van der Waals surface area contributed by atoms with Gasteiger partial charge in [-0.2, -0.15) is 5.10 Å². The largest absolute Gasteiger partial charge is 0.504 e. The molecule has 0 heterocycles. The molecule has 0 aliphatic heterocycles. The van der Waals surface area contributed by atoms with Gasteiger partial charge in [0, 0.05) is 13.0 Å². The molecule has 0 aliphatic rings. The SMILES string of the molecule is COc1cc(/C=N/NC(=O)CCNC(=O)c2ccccc2Cl)ccc1O. The smallest absolute Gasteiger partial charge is 0.252 e. The van der Waals surface area contributed by atoms with E-state index in [0.29, 0.717) is 21.9 Å². The van der Waals surface area contributed by atoms with Crippen LogP contribution < -0.4 is 15.5 Å². The van der Waals surface area contributed by atoms with Crippen molar-refractivity contribution in [3.8, 4) is 11.5 Å². The second kappa shape index (κ2) is 9.43. The summed E-state index contributed by atoms with van der Waals surface area (Å²) in [7, 11) is 1.44. The maximum absolute atomic E-state index is 11.9. The van der Waals surface area contributed by atoms with Gasteiger partial charge in [-0.3, -0.25) is 9.59 Å². The van der Waals surface area contributed by atoms with Crippen LogP contribution in [-0.4, -0.2) is 36.8 Å². The van der Waals surface area contributed by atoms with Crippen LogP contribution in [0.5, 0.6) is 11.5 Å². The van der Waals surface area contributed by atoms with E-state index in [2.05, 4.69) is 15.8 Å². The molecule has 8 heteroatoms. The van der Waals surface area contributed by atoms with Crippen molar-refractivity contribution in [1.29, 1.82) is 0 Å². The molecule has 2 rings (SSSR count). The van der Waals surface area contributed by atoms with E-state index in [9.17, 15) is 14.7 Å². The molecule has 3 N–H and O–H groups in total. The Morgan fingerprint density at radius 3 is 2.77 bits per heavy atom. The number of rotatable bonds is 7. The van der Waals surface area contributed by atoms with Crippen LogP contribution >= 0.6 is 11.6 Å². The van der Waals surface area contributed by atoms with E-state index in [0.717, 1.165) is 0 Å². The van der Waals surface area contributed by atoms with Crippen LogP contribution in [0.2, 0.25) is 5.02 Å². The van der Waals surface area contributed by atoms with E-state index >= 15 is 0 Å². The Hall–Kier alpha value is -3.06. The van der Waals surface area contributed by atoms with Crippen molar-refractivity contribution in [2.75, 3.05) is 13.7 Å². The quantitative estimate of drug-likeness (QED) is 0.510. The molecule has 0 bridgehead atoms. The van der Waals surface area contributed by atoms with E-state index in [1.165, 1.54) is 19.4 Å². The number of hydrazone groups is 1. The predicted molar refractivity (Wildman–Crippen MR) is 98.8 cm³/mol. The zero-order valence-electron chi connectivity index (χ0n) is 14.0. The molecular weight excluding hydrogens is 358 g/mol. The number of phenols is 1. The van der Waals surface area contributed by atoms with Crippen molar-refractivity contribution in [3.63, 3.8) is 0 Å². The lowest BCUT2D eigenvalue weighted by Crippen LogP contribution is -2.29. The van der Waals surface area contributed by atoms with Gasteiger partial charge >= 0.3 is 0 Å². The number of benzene rings is 2. The van der Waals surface area contributed by atoms with Crippen LogP contribution in [0.1, 0.15) is 22.3 Å². The van der Waals surface area contributed by atoms with Gasteiger partial charge in [-0.05, 0) is 35.9 Å². The van der Waals surface area contributed by atoms with Gasteiger partial charge in [0.2, 0.25) is 5.91 Å². The van der Waals surface area contributed by atoms with E-state index < -0.39 is 0 Å². The number of carbonyl (C=O) groups is 2. The first-order valence-corrected chi connectivity index (χ1v) is 8.10. The highest BCUT2D eigenvalue weighted by molar-refractivity contribution is 6.33. The van der Waals surface area contributed by atoms with Gasteiger partial charge in [0.15, 0.2) is 11.5 Å². The third-order valence-electron chi connectivity index (χ3n) is 3.36. The molecule has 2 aromatic carbocycles. The summed E-state index contributed by atoms with van der Waals surface area (Å²) in [5.74, 6) is -0.375. The van der Waals surface area contributed by atoms with Gasteiger partial charge in [-0.25, -0.2) is 5.43 Å². The van der Waals surface area contributed by atoms with Crippen molar-refractivity contribution >= 4 is 29.6 Å². The van der Waals surface area contributed by atoms with E-state index in [-0.39, 0.29) is 30.5 Å². The fourth-order valence-electron chi connectivity index (χ4n) is 2.04. The summed E-state index contributed by atoms with van der Waals surface area (Å²) in [5.41, 5.74) is 3.36. The van der Waals surface area contributed by atoms with Gasteiger partial charge < -0.3 is 15.2 Å². The summed E-state index contributed by atoms with van der Waals surface area (Å²) in [5, 5.41) is 16.3. The van der Waals surface area contributed by atoms with Crippen LogP contribution in [0.15, 0.2) is 47.6 Å². The summed E-state index contributed by atoms with van der Waals surface area (Å²) in [6.45, 7) is 0.151. The molecule has 0 unspecified atom stereocenters. The van der Waals surface area contributed by atoms with E-state index in [4.69, 9.17) is 16.3 Å². The second-order valence-electron chi connectivity index (χ2n) is 5.21. The van der Waals surface area contributed by atoms with Crippen LogP contribution in [0.4, 0.5) is 0 Å². The molecule has 0 spiro atoms. The minimum absolute atomic E-state index is 0.0166. The van der Waals surface area contributed by atoms with Crippen molar-refractivity contribution < 1.29 is 19.4 Å². The summed E-state index contributed by atoms with van der Waals surface area (Å²) < 4.78 is 4.98. The molecule has 136 valence electrons. The predicted octanol–water partition coefficient (Wildman–Crippen LogP) is 2.32. The Balaban J connectivity index is 1.77. The topological polar surface area (TPSA) is 100 Å². The second-order valence-corrected chi connectivity index (χ2v) is 5.62. The lowest BCUT2D eigenvalue weighted by molar-refractivity contribution is -0.120. The summed E-state index contributed by atoms with van der Waals surface area (Å²) in [6.07, 6.45) is 1.48. The maximum Gasteiger partial charge on any atom is 0.252 e. The fourth-order valence-corrected chi connectivity index (χ4v) is 2.26. The highest BCUT2D eigenvalue weighted by atomic mass is 35.5. The Morgan fingerprint density at radius 1 is 1.27 bits per heavy atom. The number of ether oxygens (including phenoxy) is 1. The Bertz CT molecular complexity index is 824. The monoisotopic (exact) mass is 375 g/mol. The Kier molecular flexibility index (Phi) is 6.99. The summed E-state index contributed by atoms with van der Waals surface area (Å²) >= 11 is 5.93. The fraction of sp³-hybridized carbons (Fsp3) is 0.167. The van der Waals surface area contributed by atoms with Crippen LogP contribution in [0.3, 0.4) is 0 Å². The zero-order chi connectivity index (χ0) is 18.9. The number of halogens is 1. The average Bonchev–Trinajstić information content (AvgIpc) is 2.63. The van der Waals surface area contributed by atoms with Crippen molar-refractivity contribution in [1.82, 2.24) is 10.7 Å². The molecule has 26 heavy (non-hydrogen) atoms. The number of hydrogen-bond acceptors (Lipinski definition) is 5. The van der Waals surface area contributed by atoms with Gasteiger partial charge in [0.05, 0.1) is 23.9 Å². The van der Waals surface area contributed by atoms with Crippen LogP contribution in [0, 0.1) is 0 Å². The normalized spacial score (nSPS) is 10.5. The Labute approximate surface area is 155 Å². The third kappa shape index (κ3) is 5.49. The zero-order valence-corrected chi connectivity index (χ0v) is 14.8. The van der Waals surface area contributed by atoms with Gasteiger partial charge in [-0.1, -0.05) is 23.7 Å². The number of amides is 2. The average molecular weight is 376 g/mol. The molecule has 2 amide bonds. The molecule has 0 aromatic heterocycles. The van der Waals surface area contributed by atoms with E-state index in [1.807, 2.05) is 0 Å². The minimum atomic E-state index is -0.355. The van der Waals surface area contributed by atoms with Gasteiger partial charge in [0.1, 0.15) is 0 Å². The van der Waals surface area contributed by atoms with Crippen molar-refractivity contribution in [3.05, 3.63) is 58.6 Å². The molecule has 2 aromatic rings. The number of hydrogen-bond donors (Lipinski definition) is 3. The number of nitrogens with one attached hydrogen (secondary N) is 2. The maximum atomic E-state index is 11.9. The first-order valence-electron chi connectivity index (χ1n) is 7.73. The first kappa shape index (κ1) is 19.3. The van der Waals surface area contributed by atoms with Crippen molar-refractivity contribution in [2.24, 2.45) is 5.10 Å². The van der Waals surface area contributed by atoms with Crippen molar-refractivity contribution in [2.45, 2.75) is 6.42 Å². The molecule has 0 fully saturated rings. The molecule has 0 saturated carbocycles. The number of phenolic OH excluding ortho intramolecular Hbond substituents is 1. The Morgan fingerprint density at radius 2 is 2.04 bits per heavy atom. The molecule has 0 saturated heterocycles. The number of carbonyl (C=O) groups excluding carboxylic acids is 2. The lowest BCUT2D eigenvalue weighted by atomic mass is 10.2. The molecule has 0 aliphatic carbocycles.